The Kier molecular flexibility index (Phi) is 6.53. The molecule has 5 heteroatoms. The number of benzene rings is 1. The molecule has 2 rings (SSSR count). The van der Waals surface area contributed by atoms with Crippen LogP contribution in [-0.4, -0.2) is 39.0 Å². The molecule has 0 saturated carbocycles. The van der Waals surface area contributed by atoms with Crippen molar-refractivity contribution in [3.8, 4) is 11.5 Å². The second-order valence-corrected chi connectivity index (χ2v) is 13.9. The normalized spacial score (nSPS) is 15.7. The van der Waals surface area contributed by atoms with Gasteiger partial charge >= 0.3 is 5.97 Å². The number of hydrogen-bond acceptors (Lipinski definition) is 4. The Morgan fingerprint density at radius 3 is 2.37 bits per heavy atom. The van der Waals surface area contributed by atoms with E-state index in [4.69, 9.17) is 4.74 Å². The van der Waals surface area contributed by atoms with Crippen molar-refractivity contribution >= 4 is 26.0 Å². The maximum Gasteiger partial charge on any atom is 0.309 e. The van der Waals surface area contributed by atoms with Gasteiger partial charge in [-0.15, -0.1) is 5.54 Å². The van der Waals surface area contributed by atoms with Crippen LogP contribution in [0.25, 0.3) is 0 Å². The van der Waals surface area contributed by atoms with E-state index in [1.807, 2.05) is 39.0 Å². The summed E-state index contributed by atoms with van der Waals surface area (Å²) in [6.45, 7) is 13.8. The number of esters is 1. The molecule has 1 aliphatic heterocycles. The van der Waals surface area contributed by atoms with E-state index in [1.54, 1.807) is 0 Å². The average molecular weight is 386 g/mol. The highest BCUT2D eigenvalue weighted by Gasteiger charge is 2.29. The molecule has 0 radical (unpaired) electrons. The molecule has 0 aliphatic carbocycles. The zero-order valence-corrected chi connectivity index (χ0v) is 18.4. The van der Waals surface area contributed by atoms with Gasteiger partial charge in [0.1, 0.15) is 13.7 Å². The fraction of sp³-hybridized carbons (Fsp3) is 0.545. The lowest BCUT2D eigenvalue weighted by atomic mass is 9.95. The monoisotopic (exact) mass is 385 g/mol. The van der Waals surface area contributed by atoms with E-state index >= 15 is 0 Å². The number of piperidine rings is 1. The SMILES string of the molecule is CC(C)(C)OC(=O)C1CCN(c2cc(C#C[Si](C)(C)C)ccc2C=O)CC1. The number of rotatable bonds is 3. The van der Waals surface area contributed by atoms with Gasteiger partial charge in [0.25, 0.3) is 0 Å². The quantitative estimate of drug-likeness (QED) is 0.337. The van der Waals surface area contributed by atoms with Crippen molar-refractivity contribution in [1.82, 2.24) is 0 Å². The summed E-state index contributed by atoms with van der Waals surface area (Å²) in [7, 11) is -1.46. The first-order chi connectivity index (χ1) is 12.5. The molecule has 4 nitrogen and oxygen atoms in total. The predicted octanol–water partition coefficient (Wildman–Crippen LogP) is 4.29. The molecule has 1 aliphatic rings. The van der Waals surface area contributed by atoms with Crippen LogP contribution in [0.3, 0.4) is 0 Å². The van der Waals surface area contributed by atoms with Gasteiger partial charge in [-0.05, 0) is 51.8 Å². The first-order valence-corrected chi connectivity index (χ1v) is 13.1. The smallest absolute Gasteiger partial charge is 0.309 e. The molecule has 0 amide bonds. The molecule has 1 saturated heterocycles. The highest BCUT2D eigenvalue weighted by atomic mass is 28.3. The van der Waals surface area contributed by atoms with Gasteiger partial charge in [0, 0.05) is 29.9 Å². The highest BCUT2D eigenvalue weighted by Crippen LogP contribution is 2.28. The van der Waals surface area contributed by atoms with Crippen LogP contribution in [0.15, 0.2) is 18.2 Å². The maximum absolute atomic E-state index is 12.3. The number of carbonyl (C=O) groups is 2. The fourth-order valence-electron chi connectivity index (χ4n) is 3.00. The zero-order chi connectivity index (χ0) is 20.2. The van der Waals surface area contributed by atoms with Gasteiger partial charge in [0.2, 0.25) is 0 Å². The molecule has 0 bridgehead atoms. The van der Waals surface area contributed by atoms with Gasteiger partial charge < -0.3 is 9.64 Å². The lowest BCUT2D eigenvalue weighted by Gasteiger charge is -2.34. The molecule has 0 N–H and O–H groups in total. The fourth-order valence-corrected chi connectivity index (χ4v) is 3.52. The topological polar surface area (TPSA) is 46.6 Å². The van der Waals surface area contributed by atoms with Crippen molar-refractivity contribution in [3.05, 3.63) is 29.3 Å². The number of aldehydes is 1. The Hall–Kier alpha value is -2.06. The van der Waals surface area contributed by atoms with Gasteiger partial charge in [-0.25, -0.2) is 0 Å². The molecule has 0 aromatic heterocycles. The van der Waals surface area contributed by atoms with Crippen LogP contribution in [0.2, 0.25) is 19.6 Å². The van der Waals surface area contributed by atoms with E-state index in [-0.39, 0.29) is 11.9 Å². The molecule has 1 fully saturated rings. The number of nitrogens with zero attached hydrogens (tertiary/aromatic N) is 1. The minimum Gasteiger partial charge on any atom is -0.460 e. The molecule has 1 heterocycles. The molecule has 1 aromatic rings. The highest BCUT2D eigenvalue weighted by molar-refractivity contribution is 6.83. The Labute approximate surface area is 164 Å². The molecule has 27 heavy (non-hydrogen) atoms. The third kappa shape index (κ3) is 6.55. The summed E-state index contributed by atoms with van der Waals surface area (Å²) in [4.78, 5) is 26.0. The van der Waals surface area contributed by atoms with E-state index < -0.39 is 13.7 Å². The lowest BCUT2D eigenvalue weighted by Crippen LogP contribution is -2.39. The van der Waals surface area contributed by atoms with Gasteiger partial charge in [0.05, 0.1) is 5.92 Å². The third-order valence-corrected chi connectivity index (χ3v) is 5.19. The van der Waals surface area contributed by atoms with Crippen LogP contribution in [0.1, 0.15) is 49.5 Å². The number of ether oxygens (including phenoxy) is 1. The summed E-state index contributed by atoms with van der Waals surface area (Å²) in [5, 5.41) is 0. The summed E-state index contributed by atoms with van der Waals surface area (Å²) < 4.78 is 5.52. The Morgan fingerprint density at radius 1 is 1.22 bits per heavy atom. The van der Waals surface area contributed by atoms with E-state index in [1.165, 1.54) is 0 Å². The first kappa shape index (κ1) is 21.2. The lowest BCUT2D eigenvalue weighted by molar-refractivity contribution is -0.160. The van der Waals surface area contributed by atoms with Gasteiger partial charge in [-0.2, -0.15) is 0 Å². The van der Waals surface area contributed by atoms with Crippen LogP contribution in [0.5, 0.6) is 0 Å². The van der Waals surface area contributed by atoms with E-state index in [9.17, 15) is 9.59 Å². The first-order valence-electron chi connectivity index (χ1n) is 9.59. The maximum atomic E-state index is 12.3. The Balaban J connectivity index is 2.13. The second kappa shape index (κ2) is 8.31. The summed E-state index contributed by atoms with van der Waals surface area (Å²) >= 11 is 0. The van der Waals surface area contributed by atoms with E-state index in [0.717, 1.165) is 43.5 Å². The molecule has 0 unspecified atom stereocenters. The number of anilines is 1. The van der Waals surface area contributed by atoms with Crippen molar-refractivity contribution in [2.75, 3.05) is 18.0 Å². The molecule has 0 atom stereocenters. The molecular weight excluding hydrogens is 354 g/mol. The number of hydrogen-bond donors (Lipinski definition) is 0. The van der Waals surface area contributed by atoms with E-state index in [2.05, 4.69) is 36.0 Å². The van der Waals surface area contributed by atoms with Crippen LogP contribution in [0, 0.1) is 17.4 Å². The minimum atomic E-state index is -1.46. The number of carbonyl (C=O) groups excluding carboxylic acids is 2. The third-order valence-electron chi connectivity index (χ3n) is 4.31. The van der Waals surface area contributed by atoms with Crippen molar-refractivity contribution in [3.63, 3.8) is 0 Å². The summed E-state index contributed by atoms with van der Waals surface area (Å²) in [5.74, 6) is 3.07. The van der Waals surface area contributed by atoms with E-state index in [0.29, 0.717) is 5.56 Å². The van der Waals surface area contributed by atoms with Crippen molar-refractivity contribution in [2.45, 2.75) is 58.9 Å². The second-order valence-electron chi connectivity index (χ2n) is 9.19. The average Bonchev–Trinajstić information content (AvgIpc) is 2.58. The van der Waals surface area contributed by atoms with Crippen molar-refractivity contribution in [2.24, 2.45) is 5.92 Å². The van der Waals surface area contributed by atoms with Crippen LogP contribution >= 0.6 is 0 Å². The van der Waals surface area contributed by atoms with Crippen molar-refractivity contribution < 1.29 is 14.3 Å². The minimum absolute atomic E-state index is 0.0741. The van der Waals surface area contributed by atoms with Gasteiger partial charge in [-0.1, -0.05) is 25.6 Å². The Bertz CT molecular complexity index is 754. The Morgan fingerprint density at radius 2 is 1.85 bits per heavy atom. The van der Waals surface area contributed by atoms with Gasteiger partial charge in [-0.3, -0.25) is 9.59 Å². The van der Waals surface area contributed by atoms with Gasteiger partial charge in [0.15, 0.2) is 6.29 Å². The van der Waals surface area contributed by atoms with Crippen LogP contribution in [-0.2, 0) is 9.53 Å². The van der Waals surface area contributed by atoms with Crippen LogP contribution in [0.4, 0.5) is 5.69 Å². The largest absolute Gasteiger partial charge is 0.460 e. The predicted molar refractivity (Wildman–Crippen MR) is 113 cm³/mol. The standard InChI is InChI=1S/C22H31NO3Si/c1-22(2,3)26-21(25)18-9-12-23(13-10-18)20-15-17(7-8-19(20)16-24)11-14-27(4,5)6/h7-8,15-16,18H,9-10,12-13H2,1-6H3. The summed E-state index contributed by atoms with van der Waals surface area (Å²) in [6.07, 6.45) is 2.36. The summed E-state index contributed by atoms with van der Waals surface area (Å²) in [5.41, 5.74) is 5.43. The molecular formula is C22H31NO3Si. The molecule has 0 spiro atoms. The zero-order valence-electron chi connectivity index (χ0n) is 17.4. The molecule has 146 valence electrons. The van der Waals surface area contributed by atoms with Crippen molar-refractivity contribution in [1.29, 1.82) is 0 Å². The van der Waals surface area contributed by atoms with Crippen LogP contribution < -0.4 is 4.90 Å². The summed E-state index contributed by atoms with van der Waals surface area (Å²) in [6, 6.07) is 5.76. The molecule has 1 aromatic carbocycles.